The molecule has 0 unspecified atom stereocenters. The molecule has 0 aliphatic carbocycles. The topological polar surface area (TPSA) is 64.9 Å². The Balaban J connectivity index is 1.75. The molecule has 3 aromatic rings. The molecule has 144 valence electrons. The molecule has 0 saturated heterocycles. The third-order valence-corrected chi connectivity index (χ3v) is 5.79. The Morgan fingerprint density at radius 1 is 1.03 bits per heavy atom. The number of para-hydroxylation sites is 1. The van der Waals surface area contributed by atoms with Crippen molar-refractivity contribution in [2.75, 3.05) is 10.6 Å². The van der Waals surface area contributed by atoms with Crippen LogP contribution in [0.4, 0.5) is 11.4 Å². The molecule has 0 saturated carbocycles. The van der Waals surface area contributed by atoms with Crippen LogP contribution in [-0.2, 0) is 4.79 Å². The van der Waals surface area contributed by atoms with E-state index in [2.05, 4.69) is 33.2 Å². The third kappa shape index (κ3) is 5.86. The van der Waals surface area contributed by atoms with Crippen molar-refractivity contribution in [1.29, 1.82) is 5.26 Å². The molecule has 6 heteroatoms. The number of nitrogens with one attached hydrogen (secondary N) is 2. The molecule has 3 rings (SSSR count). The van der Waals surface area contributed by atoms with Crippen molar-refractivity contribution >= 4 is 51.6 Å². The van der Waals surface area contributed by atoms with Gasteiger partial charge in [-0.15, -0.1) is 0 Å². The third-order valence-electron chi connectivity index (χ3n) is 4.03. The number of nitriles is 1. The number of halogens is 1. The van der Waals surface area contributed by atoms with Crippen molar-refractivity contribution in [1.82, 2.24) is 0 Å². The van der Waals surface area contributed by atoms with Crippen LogP contribution in [0.25, 0.3) is 0 Å². The second kappa shape index (κ2) is 10.1. The zero-order valence-corrected chi connectivity index (χ0v) is 18.6. The molecule has 0 heterocycles. The van der Waals surface area contributed by atoms with Gasteiger partial charge >= 0.3 is 0 Å². The fourth-order valence-electron chi connectivity index (χ4n) is 2.55. The van der Waals surface area contributed by atoms with E-state index in [1.54, 1.807) is 11.8 Å². The molecule has 0 aliphatic rings. The van der Waals surface area contributed by atoms with Gasteiger partial charge in [-0.1, -0.05) is 42.1 Å². The number of amides is 1. The first-order valence-electron chi connectivity index (χ1n) is 8.83. The number of rotatable bonds is 6. The first-order valence-corrected chi connectivity index (χ1v) is 10.7. The summed E-state index contributed by atoms with van der Waals surface area (Å²) in [4.78, 5) is 14.6. The van der Waals surface area contributed by atoms with Gasteiger partial charge in [0.1, 0.15) is 11.6 Å². The SMILES string of the molecule is Cc1cc(I)ccc1N/C=C(/C#N)C(=O)Nc1ccccc1Sc1ccccc1. The van der Waals surface area contributed by atoms with Gasteiger partial charge in [-0.25, -0.2) is 0 Å². The molecule has 2 N–H and O–H groups in total. The van der Waals surface area contributed by atoms with Crippen molar-refractivity contribution in [3.8, 4) is 6.07 Å². The lowest BCUT2D eigenvalue weighted by Crippen LogP contribution is -2.15. The minimum absolute atomic E-state index is 0.00228. The highest BCUT2D eigenvalue weighted by Gasteiger charge is 2.12. The fourth-order valence-corrected chi connectivity index (χ4v) is 4.12. The van der Waals surface area contributed by atoms with Gasteiger partial charge in [-0.05, 0) is 77.5 Å². The van der Waals surface area contributed by atoms with E-state index in [0.29, 0.717) is 5.69 Å². The Morgan fingerprint density at radius 3 is 2.48 bits per heavy atom. The summed E-state index contributed by atoms with van der Waals surface area (Å²) < 4.78 is 1.13. The predicted molar refractivity (Wildman–Crippen MR) is 127 cm³/mol. The van der Waals surface area contributed by atoms with Crippen molar-refractivity contribution < 1.29 is 4.79 Å². The number of carbonyl (C=O) groups excluding carboxylic acids is 1. The minimum atomic E-state index is -0.454. The van der Waals surface area contributed by atoms with E-state index in [4.69, 9.17) is 0 Å². The second-order valence-corrected chi connectivity index (χ2v) is 8.50. The van der Waals surface area contributed by atoms with Crippen LogP contribution in [0.2, 0.25) is 0 Å². The van der Waals surface area contributed by atoms with Gasteiger partial charge in [0.25, 0.3) is 5.91 Å². The number of carbonyl (C=O) groups is 1. The van der Waals surface area contributed by atoms with Crippen LogP contribution in [0.15, 0.2) is 94.4 Å². The number of aryl methyl sites for hydroxylation is 1. The lowest BCUT2D eigenvalue weighted by atomic mass is 10.2. The molecule has 0 bridgehead atoms. The standard InChI is InChI=1S/C23H18IN3OS/c1-16-13-18(24)11-12-20(16)26-15-17(14-25)23(28)27-21-9-5-6-10-22(21)29-19-7-3-2-4-8-19/h2-13,15,26H,1H3,(H,27,28)/b17-15-. The zero-order valence-electron chi connectivity index (χ0n) is 15.6. The number of hydrogen-bond donors (Lipinski definition) is 2. The summed E-state index contributed by atoms with van der Waals surface area (Å²) >= 11 is 3.80. The molecule has 0 atom stereocenters. The minimum Gasteiger partial charge on any atom is -0.360 e. The average Bonchev–Trinajstić information content (AvgIpc) is 2.72. The first kappa shape index (κ1) is 21.0. The van der Waals surface area contributed by atoms with Gasteiger partial charge in [-0.2, -0.15) is 5.26 Å². The Hall–Kier alpha value is -2.76. The maximum absolute atomic E-state index is 12.7. The normalized spacial score (nSPS) is 10.9. The monoisotopic (exact) mass is 511 g/mol. The summed E-state index contributed by atoms with van der Waals surface area (Å²) in [6.07, 6.45) is 1.44. The smallest absolute Gasteiger partial charge is 0.267 e. The molecule has 0 radical (unpaired) electrons. The van der Waals surface area contributed by atoms with Crippen molar-refractivity contribution in [2.24, 2.45) is 0 Å². The Kier molecular flexibility index (Phi) is 7.33. The summed E-state index contributed by atoms with van der Waals surface area (Å²) in [5, 5.41) is 15.4. The highest BCUT2D eigenvalue weighted by atomic mass is 127. The molecule has 29 heavy (non-hydrogen) atoms. The first-order chi connectivity index (χ1) is 14.1. The quantitative estimate of drug-likeness (QED) is 0.235. The molecule has 0 fully saturated rings. The van der Waals surface area contributed by atoms with Crippen LogP contribution in [0.3, 0.4) is 0 Å². The van der Waals surface area contributed by atoms with E-state index in [0.717, 1.165) is 24.6 Å². The highest BCUT2D eigenvalue weighted by molar-refractivity contribution is 14.1. The van der Waals surface area contributed by atoms with Crippen LogP contribution in [0.1, 0.15) is 5.56 Å². The van der Waals surface area contributed by atoms with E-state index < -0.39 is 5.91 Å². The van der Waals surface area contributed by atoms with Crippen LogP contribution in [-0.4, -0.2) is 5.91 Å². The van der Waals surface area contributed by atoms with Gasteiger partial charge in [-0.3, -0.25) is 4.79 Å². The molecule has 0 aliphatic heterocycles. The number of anilines is 2. The van der Waals surface area contributed by atoms with E-state index in [1.165, 1.54) is 6.20 Å². The summed E-state index contributed by atoms with van der Waals surface area (Å²) in [5.41, 5.74) is 2.56. The van der Waals surface area contributed by atoms with Gasteiger partial charge in [0.05, 0.1) is 5.69 Å². The number of hydrogen-bond acceptors (Lipinski definition) is 4. The fraction of sp³-hybridized carbons (Fsp3) is 0.0435. The Morgan fingerprint density at radius 2 is 1.76 bits per heavy atom. The summed E-state index contributed by atoms with van der Waals surface area (Å²) in [6.45, 7) is 1.97. The Bertz CT molecular complexity index is 1090. The molecule has 4 nitrogen and oxygen atoms in total. The predicted octanol–water partition coefficient (Wildman–Crippen LogP) is 6.21. The molecule has 0 spiro atoms. The second-order valence-electron chi connectivity index (χ2n) is 6.14. The summed E-state index contributed by atoms with van der Waals surface area (Å²) in [5.74, 6) is -0.454. The number of benzene rings is 3. The van der Waals surface area contributed by atoms with Gasteiger partial charge in [0.15, 0.2) is 0 Å². The van der Waals surface area contributed by atoms with Gasteiger partial charge in [0, 0.05) is 25.2 Å². The summed E-state index contributed by atoms with van der Waals surface area (Å²) in [6, 6.07) is 25.4. The van der Waals surface area contributed by atoms with E-state index >= 15 is 0 Å². The van der Waals surface area contributed by atoms with Crippen molar-refractivity contribution in [2.45, 2.75) is 16.7 Å². The van der Waals surface area contributed by atoms with Gasteiger partial charge in [0.2, 0.25) is 0 Å². The number of nitrogens with zero attached hydrogens (tertiary/aromatic N) is 1. The maximum atomic E-state index is 12.7. The molecule has 1 amide bonds. The largest absolute Gasteiger partial charge is 0.360 e. The summed E-state index contributed by atoms with van der Waals surface area (Å²) in [7, 11) is 0. The van der Waals surface area contributed by atoms with E-state index in [-0.39, 0.29) is 5.57 Å². The zero-order chi connectivity index (χ0) is 20.6. The van der Waals surface area contributed by atoms with Crippen LogP contribution in [0, 0.1) is 21.8 Å². The molecular formula is C23H18IN3OS. The van der Waals surface area contributed by atoms with Crippen molar-refractivity contribution in [3.63, 3.8) is 0 Å². The van der Waals surface area contributed by atoms with Crippen molar-refractivity contribution in [3.05, 3.63) is 93.7 Å². The Labute approximate surface area is 188 Å². The van der Waals surface area contributed by atoms with E-state index in [1.807, 2.05) is 85.8 Å². The molecule has 3 aromatic carbocycles. The lowest BCUT2D eigenvalue weighted by molar-refractivity contribution is -0.112. The maximum Gasteiger partial charge on any atom is 0.267 e. The molecule has 0 aromatic heterocycles. The van der Waals surface area contributed by atoms with Gasteiger partial charge < -0.3 is 10.6 Å². The van der Waals surface area contributed by atoms with Crippen LogP contribution < -0.4 is 10.6 Å². The highest BCUT2D eigenvalue weighted by Crippen LogP contribution is 2.33. The van der Waals surface area contributed by atoms with E-state index in [9.17, 15) is 10.1 Å². The lowest BCUT2D eigenvalue weighted by Gasteiger charge is -2.11. The average molecular weight is 511 g/mol. The van der Waals surface area contributed by atoms with Crippen LogP contribution in [0.5, 0.6) is 0 Å². The van der Waals surface area contributed by atoms with Crippen LogP contribution >= 0.6 is 34.4 Å². The molecular weight excluding hydrogens is 493 g/mol.